The van der Waals surface area contributed by atoms with Crippen LogP contribution in [0.4, 0.5) is 0 Å². The first kappa shape index (κ1) is 76.9. The Bertz CT molecular complexity index is 1910. The molecule has 0 bridgehead atoms. The average Bonchev–Trinajstić information content (AvgIpc) is 3.95. The number of hydrogen-bond acceptors (Lipinski definition) is 9. The van der Waals surface area contributed by atoms with Crippen molar-refractivity contribution < 1.29 is 67.8 Å². The second-order valence-electron chi connectivity index (χ2n) is 28.7. The van der Waals surface area contributed by atoms with E-state index in [0.717, 1.165) is 28.5 Å². The molecule has 7 N–H and O–H groups in total. The van der Waals surface area contributed by atoms with Gasteiger partial charge in [-0.3, -0.25) is 33.9 Å². The van der Waals surface area contributed by atoms with Gasteiger partial charge < -0.3 is 14.6 Å². The molecule has 0 amide bonds. The van der Waals surface area contributed by atoms with Gasteiger partial charge in [-0.15, -0.1) is 0 Å². The van der Waals surface area contributed by atoms with Crippen LogP contribution in [-0.2, 0) is 109 Å². The van der Waals surface area contributed by atoms with Gasteiger partial charge in [0, 0.05) is 93.0 Å². The zero-order valence-electron chi connectivity index (χ0n) is 50.8. The first-order valence-corrected chi connectivity index (χ1v) is 25.9. The van der Waals surface area contributed by atoms with Crippen molar-refractivity contribution in [3.8, 4) is 0 Å². The van der Waals surface area contributed by atoms with Crippen LogP contribution in [0.15, 0.2) is 30.3 Å². The summed E-state index contributed by atoms with van der Waals surface area (Å²) in [5.41, 5.74) is 13.2. The van der Waals surface area contributed by atoms with Gasteiger partial charge in [0.2, 0.25) is 0 Å². The fraction of sp³-hybridized carbons (Fsp3) is 0.727. The van der Waals surface area contributed by atoms with E-state index < -0.39 is 10.4 Å². The molecule has 5 aromatic heterocycles. The molecule has 0 unspecified atom stereocenters. The van der Waals surface area contributed by atoms with Gasteiger partial charge in [-0.1, -0.05) is 208 Å². The predicted molar refractivity (Wildman–Crippen MR) is 294 cm³/mol. The molecule has 15 nitrogen and oxygen atoms in total. The van der Waals surface area contributed by atoms with Gasteiger partial charge in [0.05, 0.1) is 28.5 Å². The van der Waals surface area contributed by atoms with Crippen LogP contribution in [0.3, 0.4) is 0 Å². The van der Waals surface area contributed by atoms with Crippen molar-refractivity contribution in [1.29, 1.82) is 0 Å². The molecule has 430 valence electrons. The second-order valence-corrected chi connectivity index (χ2v) is 29.6. The molecule has 5 aromatic rings. The first-order chi connectivity index (χ1) is 30.6. The molecular formula is C55H102Ag2N10O5S. The zero-order valence-corrected chi connectivity index (χ0v) is 54.5. The van der Waals surface area contributed by atoms with E-state index in [-0.39, 0.29) is 104 Å². The summed E-state index contributed by atoms with van der Waals surface area (Å²) in [5, 5.41) is 37.2. The van der Waals surface area contributed by atoms with Crippen molar-refractivity contribution in [2.75, 3.05) is 0 Å². The van der Waals surface area contributed by atoms with Crippen LogP contribution in [0.5, 0.6) is 0 Å². The fourth-order valence-electron chi connectivity index (χ4n) is 5.45. The first-order valence-electron chi connectivity index (χ1n) is 24.5. The Hall–Kier alpha value is -2.64. The van der Waals surface area contributed by atoms with Gasteiger partial charge in [-0.05, 0) is 30.3 Å². The fourth-order valence-corrected chi connectivity index (χ4v) is 5.45. The minimum Gasteiger partial charge on any atom is -0.759 e. The van der Waals surface area contributed by atoms with Crippen molar-refractivity contribution in [2.24, 2.45) is 0 Å². The Kier molecular flexibility index (Phi) is 29.1. The van der Waals surface area contributed by atoms with Crippen LogP contribution in [0.25, 0.3) is 0 Å². The smallest absolute Gasteiger partial charge is 0.759 e. The molecule has 18 heteroatoms. The summed E-state index contributed by atoms with van der Waals surface area (Å²) >= 11 is 0. The Balaban J connectivity index is -0.000000394. The summed E-state index contributed by atoms with van der Waals surface area (Å²) < 4.78 is 34.1. The second kappa shape index (κ2) is 27.6. The number of aromatic amines is 5. The van der Waals surface area contributed by atoms with Gasteiger partial charge >= 0.3 is 44.8 Å². The van der Waals surface area contributed by atoms with E-state index in [0.29, 0.717) is 0 Å². The number of nitrogens with zero attached hydrogens (tertiary/aromatic N) is 5. The molecule has 5 rings (SSSR count). The number of nitrogens with one attached hydrogen (secondary N) is 5. The maximum atomic E-state index is 8.52. The Morgan fingerprint density at radius 2 is 0.384 bits per heavy atom. The molecule has 0 aliphatic rings. The molecule has 73 heavy (non-hydrogen) atoms. The van der Waals surface area contributed by atoms with E-state index in [4.69, 9.17) is 17.5 Å². The third-order valence-electron chi connectivity index (χ3n) is 10.8. The third-order valence-corrected chi connectivity index (χ3v) is 10.8. The SMILES string of the molecule is CC(C)(C)c1cc(C(C)(C)C)[nH]n1.CC(C)(C)c1cc(C(C)(C)C)[nH]n1.CC(C)(C)c1cc(C(C)(C)C)[nH]n1.CC(C)(C)c1cc(C(C)(C)C)[nH]n1.CC(C)(C)c1cc(C(C)(C)C)[nH]n1.O.O=S(=O)([O-])[O-].[Ag+].[Ag+]. The van der Waals surface area contributed by atoms with E-state index in [1.54, 1.807) is 0 Å². The van der Waals surface area contributed by atoms with E-state index in [1.807, 2.05) is 0 Å². The standard InChI is InChI=1S/5C11H20N2.2Ag.H2O4S.H2O/c5*1-10(2,3)8-7-9(13-12-8)11(4,5)6;;;1-5(2,3)4;/h5*7H,1-6H3,(H,12,13);;;(H2,1,2,3,4);1H2/q;;;;;2*+1;;/p-2. The van der Waals surface area contributed by atoms with Crippen molar-refractivity contribution in [1.82, 2.24) is 51.0 Å². The molecule has 0 aliphatic heterocycles. The Morgan fingerprint density at radius 1 is 0.288 bits per heavy atom. The Morgan fingerprint density at radius 3 is 0.425 bits per heavy atom. The van der Waals surface area contributed by atoms with Crippen molar-refractivity contribution in [2.45, 2.75) is 262 Å². The molecule has 0 aromatic carbocycles. The summed E-state index contributed by atoms with van der Waals surface area (Å²) in [6.45, 7) is 65.5. The van der Waals surface area contributed by atoms with Gasteiger partial charge in [-0.25, -0.2) is 0 Å². The van der Waals surface area contributed by atoms with Crippen LogP contribution in [0, 0.1) is 0 Å². The largest absolute Gasteiger partial charge is 1.00 e. The summed E-state index contributed by atoms with van der Waals surface area (Å²) in [6.07, 6.45) is 0. The normalized spacial score (nSPS) is 12.7. The van der Waals surface area contributed by atoms with Crippen LogP contribution in [-0.4, -0.2) is 74.0 Å². The molecule has 0 atom stereocenters. The molecule has 5 heterocycles. The zero-order chi connectivity index (χ0) is 55.9. The number of hydrogen-bond donors (Lipinski definition) is 5. The monoisotopic (exact) mass is 1230 g/mol. The maximum absolute atomic E-state index is 8.52. The van der Waals surface area contributed by atoms with E-state index in [9.17, 15) is 0 Å². The van der Waals surface area contributed by atoms with Crippen molar-refractivity contribution >= 4 is 10.4 Å². The predicted octanol–water partition coefficient (Wildman–Crippen LogP) is 12.9. The van der Waals surface area contributed by atoms with Crippen LogP contribution < -0.4 is 0 Å². The number of aromatic nitrogens is 10. The van der Waals surface area contributed by atoms with Gasteiger partial charge in [0.15, 0.2) is 0 Å². The summed E-state index contributed by atoms with van der Waals surface area (Å²) in [6, 6.07) is 10.8. The van der Waals surface area contributed by atoms with Gasteiger partial charge in [0.25, 0.3) is 0 Å². The van der Waals surface area contributed by atoms with Gasteiger partial charge in [-0.2, -0.15) is 25.5 Å². The minimum atomic E-state index is -5.17. The summed E-state index contributed by atoms with van der Waals surface area (Å²) in [7, 11) is -5.17. The molecular weight excluding hydrogens is 1130 g/mol. The molecule has 0 saturated carbocycles. The molecule has 0 saturated heterocycles. The van der Waals surface area contributed by atoms with E-state index >= 15 is 0 Å². The topological polar surface area (TPSA) is 255 Å². The van der Waals surface area contributed by atoms with Crippen LogP contribution >= 0.6 is 0 Å². The summed E-state index contributed by atoms with van der Waals surface area (Å²) in [4.78, 5) is 0. The van der Waals surface area contributed by atoms with E-state index in [2.05, 4.69) is 289 Å². The minimum absolute atomic E-state index is 0. The van der Waals surface area contributed by atoms with Crippen LogP contribution in [0.2, 0.25) is 0 Å². The third kappa shape index (κ3) is 30.0. The molecule has 0 fully saturated rings. The molecule has 0 spiro atoms. The quantitative estimate of drug-likeness (QED) is 0.0560. The molecule has 0 aliphatic carbocycles. The van der Waals surface area contributed by atoms with E-state index in [1.165, 1.54) is 28.5 Å². The Labute approximate surface area is 475 Å². The van der Waals surface area contributed by atoms with Gasteiger partial charge in [0.1, 0.15) is 0 Å². The van der Waals surface area contributed by atoms with Crippen molar-refractivity contribution in [3.63, 3.8) is 0 Å². The van der Waals surface area contributed by atoms with Crippen molar-refractivity contribution in [3.05, 3.63) is 87.3 Å². The summed E-state index contributed by atoms with van der Waals surface area (Å²) in [5.74, 6) is 0. The average molecular weight is 1230 g/mol. The number of H-pyrrole nitrogens is 5. The number of rotatable bonds is 0. The maximum Gasteiger partial charge on any atom is 1.00 e. The molecule has 0 radical (unpaired) electrons. The van der Waals surface area contributed by atoms with Crippen LogP contribution in [0.1, 0.15) is 265 Å².